The van der Waals surface area contributed by atoms with Gasteiger partial charge in [0, 0.05) is 13.2 Å². The Hall–Kier alpha value is -1.27. The zero-order valence-electron chi connectivity index (χ0n) is 9.01. The van der Waals surface area contributed by atoms with E-state index >= 15 is 0 Å². The van der Waals surface area contributed by atoms with Crippen molar-refractivity contribution in [2.24, 2.45) is 5.73 Å². The molecule has 0 unspecified atom stereocenters. The smallest absolute Gasteiger partial charge is 0.159 e. The predicted octanol–water partition coefficient (Wildman–Crippen LogP) is 0.700. The van der Waals surface area contributed by atoms with Crippen molar-refractivity contribution in [1.29, 1.82) is 0 Å². The summed E-state index contributed by atoms with van der Waals surface area (Å²) in [5.41, 5.74) is 6.34. The van der Waals surface area contributed by atoms with Crippen molar-refractivity contribution in [1.82, 2.24) is 10.2 Å². The second kappa shape index (κ2) is 4.71. The van der Waals surface area contributed by atoms with E-state index in [1.165, 1.54) is 0 Å². The Kier molecular flexibility index (Phi) is 3.31. The highest BCUT2D eigenvalue weighted by Crippen LogP contribution is 2.26. The van der Waals surface area contributed by atoms with Crippen molar-refractivity contribution >= 4 is 23.0 Å². The van der Waals surface area contributed by atoms with Crippen LogP contribution in [0.1, 0.15) is 18.4 Å². The molecule has 1 aliphatic rings. The van der Waals surface area contributed by atoms with Crippen LogP contribution in [0, 0.1) is 0 Å². The fraction of sp³-hybridized carbons (Fsp3) is 0.500. The first-order valence-corrected chi connectivity index (χ1v) is 5.52. The number of thiocarbonyl (C=S) groups is 1. The van der Waals surface area contributed by atoms with Gasteiger partial charge >= 0.3 is 0 Å². The molecule has 86 valence electrons. The molecule has 2 rings (SSSR count). The first-order chi connectivity index (χ1) is 7.70. The third-order valence-corrected chi connectivity index (χ3v) is 2.98. The van der Waals surface area contributed by atoms with Crippen LogP contribution in [-0.2, 0) is 4.74 Å². The van der Waals surface area contributed by atoms with Crippen molar-refractivity contribution < 1.29 is 4.74 Å². The molecule has 6 heteroatoms. The molecule has 1 aromatic rings. The molecule has 5 nitrogen and oxygen atoms in total. The van der Waals surface area contributed by atoms with Crippen LogP contribution in [0.25, 0.3) is 0 Å². The van der Waals surface area contributed by atoms with Gasteiger partial charge in [0.25, 0.3) is 0 Å². The van der Waals surface area contributed by atoms with Crippen LogP contribution in [0.2, 0.25) is 0 Å². The Morgan fingerprint density at radius 3 is 3.00 bits per heavy atom. The molecule has 0 atom stereocenters. The van der Waals surface area contributed by atoms with E-state index in [0.29, 0.717) is 23.0 Å². The zero-order chi connectivity index (χ0) is 11.5. The number of aromatic nitrogens is 2. The number of ether oxygens (including phenoxy) is 1. The zero-order valence-corrected chi connectivity index (χ0v) is 9.83. The van der Waals surface area contributed by atoms with Crippen molar-refractivity contribution in [2.75, 3.05) is 12.4 Å². The molecular formula is C10H14N4OS. The van der Waals surface area contributed by atoms with E-state index in [2.05, 4.69) is 15.5 Å². The Labute approximate surface area is 99.4 Å². The van der Waals surface area contributed by atoms with E-state index in [1.54, 1.807) is 19.4 Å². The Morgan fingerprint density at radius 1 is 1.62 bits per heavy atom. The third kappa shape index (κ3) is 2.28. The number of methoxy groups -OCH3 is 1. The summed E-state index contributed by atoms with van der Waals surface area (Å²) in [6.07, 6.45) is 3.88. The van der Waals surface area contributed by atoms with Gasteiger partial charge in [-0.1, -0.05) is 12.2 Å². The average Bonchev–Trinajstić information content (AvgIpc) is 2.23. The first-order valence-electron chi connectivity index (χ1n) is 5.11. The Balaban J connectivity index is 2.02. The van der Waals surface area contributed by atoms with Crippen molar-refractivity contribution in [3.05, 3.63) is 17.8 Å². The molecule has 0 saturated heterocycles. The van der Waals surface area contributed by atoms with Crippen molar-refractivity contribution in [2.45, 2.75) is 25.0 Å². The molecule has 3 N–H and O–H groups in total. The van der Waals surface area contributed by atoms with Crippen LogP contribution in [0.5, 0.6) is 0 Å². The highest BCUT2D eigenvalue weighted by molar-refractivity contribution is 7.80. The number of nitrogens with zero attached hydrogens (tertiary/aromatic N) is 2. The number of nitrogens with one attached hydrogen (secondary N) is 1. The minimum atomic E-state index is 0.333. The Bertz CT molecular complexity index is 392. The van der Waals surface area contributed by atoms with Gasteiger partial charge in [0.05, 0.1) is 17.9 Å². The predicted molar refractivity (Wildman–Crippen MR) is 65.4 cm³/mol. The summed E-state index contributed by atoms with van der Waals surface area (Å²) >= 11 is 4.95. The van der Waals surface area contributed by atoms with E-state index in [1.807, 2.05) is 0 Å². The van der Waals surface area contributed by atoms with Gasteiger partial charge in [0.1, 0.15) is 4.99 Å². The molecule has 0 amide bonds. The summed E-state index contributed by atoms with van der Waals surface area (Å²) < 4.78 is 5.21. The van der Waals surface area contributed by atoms with Crippen molar-refractivity contribution in [3.63, 3.8) is 0 Å². The summed E-state index contributed by atoms with van der Waals surface area (Å²) in [4.78, 5) is 0.333. The second-order valence-electron chi connectivity index (χ2n) is 3.83. The largest absolute Gasteiger partial charge is 0.389 e. The molecule has 0 aliphatic heterocycles. The minimum absolute atomic E-state index is 0.333. The topological polar surface area (TPSA) is 73.1 Å². The molecule has 1 fully saturated rings. The molecule has 0 radical (unpaired) electrons. The SMILES string of the molecule is COC1CC(Nc2nnccc2C(N)=S)C1. The lowest BCUT2D eigenvalue weighted by Gasteiger charge is -2.35. The summed E-state index contributed by atoms with van der Waals surface area (Å²) in [5, 5.41) is 11.1. The van der Waals surface area contributed by atoms with Crippen LogP contribution < -0.4 is 11.1 Å². The van der Waals surface area contributed by atoms with Gasteiger partial charge < -0.3 is 15.8 Å². The van der Waals surface area contributed by atoms with E-state index in [9.17, 15) is 0 Å². The van der Waals surface area contributed by atoms with Gasteiger partial charge in [-0.15, -0.1) is 5.10 Å². The van der Waals surface area contributed by atoms with Crippen LogP contribution in [-0.4, -0.2) is 34.4 Å². The van der Waals surface area contributed by atoms with Crippen molar-refractivity contribution in [3.8, 4) is 0 Å². The molecule has 1 saturated carbocycles. The second-order valence-corrected chi connectivity index (χ2v) is 4.27. The molecule has 1 aromatic heterocycles. The monoisotopic (exact) mass is 238 g/mol. The summed E-state index contributed by atoms with van der Waals surface area (Å²) in [5.74, 6) is 0.662. The highest BCUT2D eigenvalue weighted by atomic mass is 32.1. The van der Waals surface area contributed by atoms with E-state index in [0.717, 1.165) is 18.4 Å². The van der Waals surface area contributed by atoms with E-state index in [4.69, 9.17) is 22.7 Å². The fourth-order valence-electron chi connectivity index (χ4n) is 1.71. The van der Waals surface area contributed by atoms with Crippen LogP contribution >= 0.6 is 12.2 Å². The molecule has 1 heterocycles. The standard InChI is InChI=1S/C10H14N4OS/c1-15-7-4-6(5-7)13-10-8(9(11)16)2-3-12-14-10/h2-3,6-7H,4-5H2,1H3,(H2,11,16)(H,13,14). The third-order valence-electron chi connectivity index (χ3n) is 2.76. The molecule has 0 aromatic carbocycles. The molecule has 16 heavy (non-hydrogen) atoms. The van der Waals surface area contributed by atoms with Gasteiger partial charge in [-0.2, -0.15) is 5.10 Å². The van der Waals surface area contributed by atoms with Crippen LogP contribution in [0.3, 0.4) is 0 Å². The van der Waals surface area contributed by atoms with Crippen LogP contribution in [0.4, 0.5) is 5.82 Å². The number of hydrogen-bond donors (Lipinski definition) is 2. The molecule has 1 aliphatic carbocycles. The van der Waals surface area contributed by atoms with Gasteiger partial charge in [-0.3, -0.25) is 0 Å². The molecule has 0 bridgehead atoms. The van der Waals surface area contributed by atoms with E-state index < -0.39 is 0 Å². The minimum Gasteiger partial charge on any atom is -0.389 e. The number of hydrogen-bond acceptors (Lipinski definition) is 5. The van der Waals surface area contributed by atoms with Gasteiger partial charge in [-0.05, 0) is 18.9 Å². The summed E-state index contributed by atoms with van der Waals surface area (Å²) in [6, 6.07) is 2.14. The quantitative estimate of drug-likeness (QED) is 0.752. The Morgan fingerprint density at radius 2 is 2.38 bits per heavy atom. The lowest BCUT2D eigenvalue weighted by Crippen LogP contribution is -2.40. The summed E-state index contributed by atoms with van der Waals surface area (Å²) in [6.45, 7) is 0. The van der Waals surface area contributed by atoms with Gasteiger partial charge in [0.2, 0.25) is 0 Å². The molecule has 0 spiro atoms. The number of anilines is 1. The number of rotatable bonds is 4. The highest BCUT2D eigenvalue weighted by Gasteiger charge is 2.29. The average molecular weight is 238 g/mol. The summed E-state index contributed by atoms with van der Waals surface area (Å²) in [7, 11) is 1.73. The normalized spacial score (nSPS) is 23.6. The van der Waals surface area contributed by atoms with Gasteiger partial charge in [0.15, 0.2) is 5.82 Å². The maximum atomic E-state index is 5.60. The lowest BCUT2D eigenvalue weighted by molar-refractivity contribution is 0.0327. The van der Waals surface area contributed by atoms with Gasteiger partial charge in [-0.25, -0.2) is 0 Å². The first kappa shape index (κ1) is 11.2. The fourth-order valence-corrected chi connectivity index (χ4v) is 1.87. The maximum Gasteiger partial charge on any atom is 0.159 e. The van der Waals surface area contributed by atoms with E-state index in [-0.39, 0.29) is 0 Å². The lowest BCUT2D eigenvalue weighted by atomic mass is 9.89. The number of nitrogens with two attached hydrogens (primary N) is 1. The van der Waals surface area contributed by atoms with Crippen LogP contribution in [0.15, 0.2) is 12.3 Å². The molecular weight excluding hydrogens is 224 g/mol. The maximum absolute atomic E-state index is 5.60.